The third-order valence-corrected chi connectivity index (χ3v) is 3.75. The highest BCUT2D eigenvalue weighted by Gasteiger charge is 2.18. The Kier molecular flexibility index (Phi) is 10.0. The number of nitrogens with one attached hydrogen (secondary N) is 1. The molecule has 1 rings (SSSR count). The number of nitrogens with zero attached hydrogens (tertiary/aromatic N) is 5. The lowest BCUT2D eigenvalue weighted by Crippen LogP contribution is -2.51. The number of aromatic nitrogens is 2. The lowest BCUT2D eigenvalue weighted by atomic mass is 10.2. The summed E-state index contributed by atoms with van der Waals surface area (Å²) in [6, 6.07) is 3.46. The van der Waals surface area contributed by atoms with Gasteiger partial charge < -0.3 is 10.6 Å². The topological polar surface area (TPSA) is 111 Å². The first-order valence-electron chi connectivity index (χ1n) is 9.28. The van der Waals surface area contributed by atoms with Crippen LogP contribution in [0.4, 0.5) is 10.6 Å². The summed E-state index contributed by atoms with van der Waals surface area (Å²) in [5, 5.41) is 10.7. The summed E-state index contributed by atoms with van der Waals surface area (Å²) in [5.41, 5.74) is 8.50. The van der Waals surface area contributed by atoms with Crippen molar-refractivity contribution in [3.63, 3.8) is 0 Å². The number of unbranched alkanes of at least 4 members (excludes halogenated alkanes) is 2. The van der Waals surface area contributed by atoms with Crippen LogP contribution >= 0.6 is 0 Å². The summed E-state index contributed by atoms with van der Waals surface area (Å²) in [6.07, 6.45) is 5.27. The van der Waals surface area contributed by atoms with Gasteiger partial charge in [0.15, 0.2) is 5.82 Å². The lowest BCUT2D eigenvalue weighted by Gasteiger charge is -2.30. The van der Waals surface area contributed by atoms with Crippen molar-refractivity contribution in [2.24, 2.45) is 11.7 Å². The van der Waals surface area contributed by atoms with Gasteiger partial charge in [-0.1, -0.05) is 27.2 Å². The van der Waals surface area contributed by atoms with Gasteiger partial charge >= 0.3 is 6.03 Å². The monoisotopic (exact) mass is 361 g/mol. The molecule has 0 bridgehead atoms. The van der Waals surface area contributed by atoms with Gasteiger partial charge in [0, 0.05) is 31.9 Å². The Labute approximate surface area is 156 Å². The summed E-state index contributed by atoms with van der Waals surface area (Å²) in [6.45, 7) is 8.80. The molecule has 1 heterocycles. The molecule has 1 aromatic rings. The Morgan fingerprint density at radius 2 is 2.08 bits per heavy atom. The average molecular weight is 361 g/mol. The smallest absolute Gasteiger partial charge is 0.330 e. The fourth-order valence-corrected chi connectivity index (χ4v) is 2.41. The highest BCUT2D eigenvalue weighted by atomic mass is 16.2. The number of urea groups is 1. The van der Waals surface area contributed by atoms with Gasteiger partial charge in [0.1, 0.15) is 6.07 Å². The minimum atomic E-state index is -0.159. The predicted molar refractivity (Wildman–Crippen MR) is 102 cm³/mol. The maximum Gasteiger partial charge on any atom is 0.336 e. The molecule has 3 N–H and O–H groups in total. The normalized spacial score (nSPS) is 10.5. The first-order valence-corrected chi connectivity index (χ1v) is 9.28. The molecule has 0 fully saturated rings. The third kappa shape index (κ3) is 7.66. The highest BCUT2D eigenvalue weighted by Crippen LogP contribution is 2.11. The van der Waals surface area contributed by atoms with Gasteiger partial charge in [-0.3, -0.25) is 5.01 Å². The second kappa shape index (κ2) is 12.0. The zero-order valence-corrected chi connectivity index (χ0v) is 16.1. The van der Waals surface area contributed by atoms with E-state index < -0.39 is 0 Å². The van der Waals surface area contributed by atoms with Gasteiger partial charge in [-0.2, -0.15) is 10.2 Å². The van der Waals surface area contributed by atoms with E-state index in [1.165, 1.54) is 6.20 Å². The Hall–Kier alpha value is -2.40. The summed E-state index contributed by atoms with van der Waals surface area (Å²) in [4.78, 5) is 22.7. The molecule has 0 spiro atoms. The summed E-state index contributed by atoms with van der Waals surface area (Å²) in [5.74, 6) is 0.893. The number of nitriles is 1. The van der Waals surface area contributed by atoms with Crippen molar-refractivity contribution in [1.82, 2.24) is 20.3 Å². The number of carbonyl (C=O) groups excluding carboxylic acids is 1. The third-order valence-electron chi connectivity index (χ3n) is 3.75. The van der Waals surface area contributed by atoms with Crippen molar-refractivity contribution >= 4 is 11.8 Å². The first-order chi connectivity index (χ1) is 12.5. The maximum atomic E-state index is 12.8. The van der Waals surface area contributed by atoms with Crippen molar-refractivity contribution in [3.8, 4) is 6.07 Å². The number of hydrazine groups is 1. The van der Waals surface area contributed by atoms with Crippen LogP contribution in [0, 0.1) is 17.2 Å². The number of nitrogens with two attached hydrogens (primary N) is 1. The van der Waals surface area contributed by atoms with Crippen LogP contribution in [0.25, 0.3) is 0 Å². The Morgan fingerprint density at radius 1 is 1.35 bits per heavy atom. The number of hydrogen-bond donors (Lipinski definition) is 2. The molecular weight excluding hydrogens is 330 g/mol. The Balaban J connectivity index is 2.88. The lowest BCUT2D eigenvalue weighted by molar-refractivity contribution is 0.194. The molecular formula is C18H31N7O. The molecule has 26 heavy (non-hydrogen) atoms. The Bertz CT molecular complexity index is 585. The first kappa shape index (κ1) is 21.6. The molecule has 0 aromatic carbocycles. The van der Waals surface area contributed by atoms with Crippen molar-refractivity contribution in [1.29, 1.82) is 5.26 Å². The van der Waals surface area contributed by atoms with Crippen LogP contribution in [-0.2, 0) is 0 Å². The quantitative estimate of drug-likeness (QED) is 0.462. The zero-order chi connectivity index (χ0) is 19.4. The Morgan fingerprint density at radius 3 is 2.69 bits per heavy atom. The number of hydrogen-bond acceptors (Lipinski definition) is 6. The molecule has 8 nitrogen and oxygen atoms in total. The van der Waals surface area contributed by atoms with Crippen LogP contribution in [0.2, 0.25) is 0 Å². The van der Waals surface area contributed by atoms with Crippen molar-refractivity contribution in [3.05, 3.63) is 18.1 Å². The molecule has 0 aliphatic rings. The van der Waals surface area contributed by atoms with Gasteiger partial charge in [0.05, 0.1) is 0 Å². The molecule has 144 valence electrons. The van der Waals surface area contributed by atoms with E-state index in [0.717, 1.165) is 25.7 Å². The highest BCUT2D eigenvalue weighted by molar-refractivity contribution is 5.76. The fraction of sp³-hybridized carbons (Fsp3) is 0.667. The molecule has 0 aliphatic heterocycles. The molecule has 0 atom stereocenters. The number of rotatable bonds is 11. The van der Waals surface area contributed by atoms with Crippen LogP contribution < -0.4 is 16.2 Å². The maximum absolute atomic E-state index is 12.8. The molecule has 0 radical (unpaired) electrons. The number of anilines is 1. The van der Waals surface area contributed by atoms with E-state index in [-0.39, 0.29) is 11.9 Å². The molecule has 0 saturated carbocycles. The van der Waals surface area contributed by atoms with E-state index in [2.05, 4.69) is 36.2 Å². The van der Waals surface area contributed by atoms with Crippen LogP contribution in [0.1, 0.15) is 52.3 Å². The predicted octanol–water partition coefficient (Wildman–Crippen LogP) is 2.28. The van der Waals surface area contributed by atoms with E-state index >= 15 is 0 Å². The second-order valence-electron chi connectivity index (χ2n) is 6.61. The zero-order valence-electron chi connectivity index (χ0n) is 16.1. The van der Waals surface area contributed by atoms with Crippen LogP contribution in [0.3, 0.4) is 0 Å². The van der Waals surface area contributed by atoms with Gasteiger partial charge in [0.2, 0.25) is 5.82 Å². The molecule has 0 saturated heterocycles. The van der Waals surface area contributed by atoms with Crippen molar-refractivity contribution in [2.75, 3.05) is 31.2 Å². The minimum Gasteiger partial charge on any atom is -0.330 e. The van der Waals surface area contributed by atoms with Crippen LogP contribution in [0.15, 0.2) is 12.3 Å². The van der Waals surface area contributed by atoms with Crippen molar-refractivity contribution in [2.45, 2.75) is 46.5 Å². The fourth-order valence-electron chi connectivity index (χ4n) is 2.41. The molecule has 0 aliphatic carbocycles. The summed E-state index contributed by atoms with van der Waals surface area (Å²) >= 11 is 0. The van der Waals surface area contributed by atoms with E-state index in [1.54, 1.807) is 11.1 Å². The average Bonchev–Trinajstić information content (AvgIpc) is 2.63. The van der Waals surface area contributed by atoms with Gasteiger partial charge in [-0.25, -0.2) is 15.2 Å². The van der Waals surface area contributed by atoms with Crippen LogP contribution in [0.5, 0.6) is 0 Å². The largest absolute Gasteiger partial charge is 0.336 e. The molecule has 0 unspecified atom stereocenters. The van der Waals surface area contributed by atoms with Gasteiger partial charge in [-0.05, 0) is 31.7 Å². The van der Waals surface area contributed by atoms with Gasteiger partial charge in [-0.15, -0.1) is 0 Å². The second-order valence-corrected chi connectivity index (χ2v) is 6.61. The van der Waals surface area contributed by atoms with E-state index in [1.807, 2.05) is 11.0 Å². The van der Waals surface area contributed by atoms with Crippen molar-refractivity contribution < 1.29 is 4.79 Å². The standard InChI is InChI=1S/C18H31N7O/c1-4-5-11-24(12-7-6-9-19)18(26)23-25(14-15(2)3)17-8-10-21-16(13-20)22-17/h8,10,15H,4-7,9,11-12,14,19H2,1-3H3,(H,23,26). The number of carbonyl (C=O) groups is 1. The summed E-state index contributed by atoms with van der Waals surface area (Å²) < 4.78 is 0. The van der Waals surface area contributed by atoms with Gasteiger partial charge in [0.25, 0.3) is 0 Å². The minimum absolute atomic E-state index is 0.0799. The molecule has 2 amide bonds. The van der Waals surface area contributed by atoms with E-state index in [0.29, 0.717) is 37.9 Å². The molecule has 8 heteroatoms. The summed E-state index contributed by atoms with van der Waals surface area (Å²) in [7, 11) is 0. The van der Waals surface area contributed by atoms with Crippen LogP contribution in [-0.4, -0.2) is 47.1 Å². The SMILES string of the molecule is CCCCN(CCCCN)C(=O)NN(CC(C)C)c1ccnc(C#N)n1. The van der Waals surface area contributed by atoms with E-state index in [9.17, 15) is 4.79 Å². The molecule has 1 aromatic heterocycles. The van der Waals surface area contributed by atoms with E-state index in [4.69, 9.17) is 11.0 Å². The number of amides is 2.